The molecule has 25 heavy (non-hydrogen) atoms. The number of aryl methyl sites for hydroxylation is 2. The SMILES string of the molecule is Cc1noc(C)c1CCC(=O)N1CCC(c2cccs2)S(=O)(=O)CC1. The molecule has 8 heteroatoms. The van der Waals surface area contributed by atoms with Crippen molar-refractivity contribution in [2.45, 2.75) is 38.4 Å². The van der Waals surface area contributed by atoms with Gasteiger partial charge in [0.05, 0.1) is 16.7 Å². The molecule has 0 aromatic carbocycles. The van der Waals surface area contributed by atoms with Gasteiger partial charge >= 0.3 is 0 Å². The molecule has 6 nitrogen and oxygen atoms in total. The van der Waals surface area contributed by atoms with Crippen molar-refractivity contribution in [2.24, 2.45) is 0 Å². The topological polar surface area (TPSA) is 80.5 Å². The molecule has 0 saturated carbocycles. The van der Waals surface area contributed by atoms with E-state index in [1.54, 1.807) is 4.90 Å². The van der Waals surface area contributed by atoms with Crippen molar-refractivity contribution in [1.82, 2.24) is 10.1 Å². The minimum Gasteiger partial charge on any atom is -0.361 e. The highest BCUT2D eigenvalue weighted by molar-refractivity contribution is 7.91. The van der Waals surface area contributed by atoms with Gasteiger partial charge in [0.15, 0.2) is 9.84 Å². The second-order valence-corrected chi connectivity index (χ2v) is 9.63. The summed E-state index contributed by atoms with van der Waals surface area (Å²) in [5.41, 5.74) is 1.77. The Morgan fingerprint density at radius 2 is 2.20 bits per heavy atom. The van der Waals surface area contributed by atoms with Crippen molar-refractivity contribution in [3.8, 4) is 0 Å². The second-order valence-electron chi connectivity index (χ2n) is 6.34. The number of hydrogen-bond acceptors (Lipinski definition) is 6. The minimum atomic E-state index is -3.23. The van der Waals surface area contributed by atoms with Gasteiger partial charge in [0.2, 0.25) is 5.91 Å². The molecule has 2 aromatic heterocycles. The average molecular weight is 383 g/mol. The summed E-state index contributed by atoms with van der Waals surface area (Å²) in [5.74, 6) is 0.746. The van der Waals surface area contributed by atoms with Crippen LogP contribution < -0.4 is 0 Å². The van der Waals surface area contributed by atoms with E-state index in [9.17, 15) is 13.2 Å². The molecule has 2 aromatic rings. The van der Waals surface area contributed by atoms with E-state index in [0.29, 0.717) is 25.8 Å². The number of sulfone groups is 1. The first-order chi connectivity index (χ1) is 11.9. The largest absolute Gasteiger partial charge is 0.361 e. The molecule has 0 radical (unpaired) electrons. The smallest absolute Gasteiger partial charge is 0.222 e. The number of carbonyl (C=O) groups is 1. The van der Waals surface area contributed by atoms with Crippen LogP contribution in [0, 0.1) is 13.8 Å². The number of aromatic nitrogens is 1. The lowest BCUT2D eigenvalue weighted by Gasteiger charge is -2.19. The molecule has 0 spiro atoms. The fraction of sp³-hybridized carbons (Fsp3) is 0.529. The zero-order valence-electron chi connectivity index (χ0n) is 14.4. The zero-order chi connectivity index (χ0) is 18.0. The Morgan fingerprint density at radius 1 is 1.40 bits per heavy atom. The molecular weight excluding hydrogens is 360 g/mol. The number of carbonyl (C=O) groups excluding carboxylic acids is 1. The minimum absolute atomic E-state index is 0.0120. The van der Waals surface area contributed by atoms with E-state index in [-0.39, 0.29) is 18.2 Å². The van der Waals surface area contributed by atoms with Crippen molar-refractivity contribution in [1.29, 1.82) is 0 Å². The van der Waals surface area contributed by atoms with Crippen LogP contribution in [0.25, 0.3) is 0 Å². The average Bonchev–Trinajstić information content (AvgIpc) is 3.15. The van der Waals surface area contributed by atoms with Crippen LogP contribution >= 0.6 is 11.3 Å². The van der Waals surface area contributed by atoms with Crippen molar-refractivity contribution < 1.29 is 17.7 Å². The van der Waals surface area contributed by atoms with E-state index in [1.165, 1.54) is 11.3 Å². The van der Waals surface area contributed by atoms with Gasteiger partial charge in [0, 0.05) is 30.0 Å². The van der Waals surface area contributed by atoms with Gasteiger partial charge in [-0.1, -0.05) is 11.2 Å². The fourth-order valence-electron chi connectivity index (χ4n) is 3.24. The summed E-state index contributed by atoms with van der Waals surface area (Å²) in [6.07, 6.45) is 1.37. The number of amides is 1. The van der Waals surface area contributed by atoms with Gasteiger partial charge in [-0.15, -0.1) is 11.3 Å². The molecule has 1 amide bonds. The highest BCUT2D eigenvalue weighted by Gasteiger charge is 2.33. The van der Waals surface area contributed by atoms with Crippen LogP contribution in [0.4, 0.5) is 0 Å². The van der Waals surface area contributed by atoms with Crippen molar-refractivity contribution >= 4 is 27.1 Å². The maximum atomic E-state index is 12.6. The van der Waals surface area contributed by atoms with Crippen LogP contribution in [0.3, 0.4) is 0 Å². The summed E-state index contributed by atoms with van der Waals surface area (Å²) in [6.45, 7) is 4.44. The van der Waals surface area contributed by atoms with E-state index in [0.717, 1.165) is 21.9 Å². The zero-order valence-corrected chi connectivity index (χ0v) is 16.0. The first-order valence-electron chi connectivity index (χ1n) is 8.33. The Bertz CT molecular complexity index is 821. The van der Waals surface area contributed by atoms with Crippen LogP contribution in [0.15, 0.2) is 22.0 Å². The summed E-state index contributed by atoms with van der Waals surface area (Å²) < 4.78 is 30.2. The molecule has 1 fully saturated rings. The normalized spacial score (nSPS) is 20.4. The second kappa shape index (κ2) is 7.29. The highest BCUT2D eigenvalue weighted by Crippen LogP contribution is 2.32. The predicted octanol–water partition coefficient (Wildman–Crippen LogP) is 2.67. The Morgan fingerprint density at radius 3 is 2.84 bits per heavy atom. The summed E-state index contributed by atoms with van der Waals surface area (Å²) in [6, 6.07) is 3.73. The van der Waals surface area contributed by atoms with Gasteiger partial charge in [0.1, 0.15) is 5.76 Å². The molecular formula is C17H22N2O4S2. The van der Waals surface area contributed by atoms with Crippen molar-refractivity contribution in [3.05, 3.63) is 39.4 Å². The number of rotatable bonds is 4. The number of hydrogen-bond donors (Lipinski definition) is 0. The third-order valence-corrected chi connectivity index (χ3v) is 7.97. The lowest BCUT2D eigenvalue weighted by Crippen LogP contribution is -2.33. The third kappa shape index (κ3) is 3.95. The molecule has 1 saturated heterocycles. The van der Waals surface area contributed by atoms with E-state index in [2.05, 4.69) is 5.16 Å². The van der Waals surface area contributed by atoms with Gasteiger partial charge in [0.25, 0.3) is 0 Å². The molecule has 1 aliphatic rings. The van der Waals surface area contributed by atoms with E-state index < -0.39 is 15.1 Å². The van der Waals surface area contributed by atoms with Gasteiger partial charge in [-0.25, -0.2) is 8.42 Å². The van der Waals surface area contributed by atoms with E-state index >= 15 is 0 Å². The lowest BCUT2D eigenvalue weighted by atomic mass is 10.1. The maximum absolute atomic E-state index is 12.6. The molecule has 1 atom stereocenters. The first-order valence-corrected chi connectivity index (χ1v) is 10.9. The summed E-state index contributed by atoms with van der Waals surface area (Å²) >= 11 is 1.46. The number of nitrogens with zero attached hydrogens (tertiary/aromatic N) is 2. The molecule has 136 valence electrons. The molecule has 0 aliphatic carbocycles. The van der Waals surface area contributed by atoms with Crippen LogP contribution in [-0.4, -0.2) is 43.2 Å². The summed E-state index contributed by atoms with van der Waals surface area (Å²) in [7, 11) is -3.23. The Labute approximate surface area is 151 Å². The van der Waals surface area contributed by atoms with Gasteiger partial charge < -0.3 is 9.42 Å². The van der Waals surface area contributed by atoms with Crippen LogP contribution in [0.1, 0.15) is 40.0 Å². The first kappa shape index (κ1) is 18.1. The van der Waals surface area contributed by atoms with E-state index in [4.69, 9.17) is 4.52 Å². The Hall–Kier alpha value is -1.67. The van der Waals surface area contributed by atoms with Crippen LogP contribution in [-0.2, 0) is 21.1 Å². The molecule has 3 heterocycles. The van der Waals surface area contributed by atoms with Crippen molar-refractivity contribution in [2.75, 3.05) is 18.8 Å². The van der Waals surface area contributed by atoms with Crippen LogP contribution in [0.5, 0.6) is 0 Å². The van der Waals surface area contributed by atoms with Gasteiger partial charge in [-0.05, 0) is 38.1 Å². The Balaban J connectivity index is 1.65. The number of thiophene rings is 1. The highest BCUT2D eigenvalue weighted by atomic mass is 32.2. The lowest BCUT2D eigenvalue weighted by molar-refractivity contribution is -0.130. The molecule has 3 rings (SSSR count). The Kier molecular flexibility index (Phi) is 5.29. The molecule has 0 N–H and O–H groups in total. The quantitative estimate of drug-likeness (QED) is 0.812. The monoisotopic (exact) mass is 382 g/mol. The molecule has 1 aliphatic heterocycles. The van der Waals surface area contributed by atoms with Gasteiger partial charge in [-0.2, -0.15) is 0 Å². The van der Waals surface area contributed by atoms with Crippen LogP contribution in [0.2, 0.25) is 0 Å². The standard InChI is InChI=1S/C17H22N2O4S2/c1-12-14(13(2)23-18-12)5-6-17(20)19-8-7-16(15-4-3-10-24-15)25(21,22)11-9-19/h3-4,10,16H,5-9,11H2,1-2H3. The fourth-order valence-corrected chi connectivity index (χ4v) is 6.24. The predicted molar refractivity (Wildman–Crippen MR) is 96.3 cm³/mol. The summed E-state index contributed by atoms with van der Waals surface area (Å²) in [4.78, 5) is 15.1. The maximum Gasteiger partial charge on any atom is 0.222 e. The third-order valence-electron chi connectivity index (χ3n) is 4.72. The molecule has 0 bridgehead atoms. The van der Waals surface area contributed by atoms with E-state index in [1.807, 2.05) is 31.4 Å². The summed E-state index contributed by atoms with van der Waals surface area (Å²) in [5, 5.41) is 5.30. The van der Waals surface area contributed by atoms with Gasteiger partial charge in [-0.3, -0.25) is 4.79 Å². The van der Waals surface area contributed by atoms with Crippen molar-refractivity contribution in [3.63, 3.8) is 0 Å². The molecule has 1 unspecified atom stereocenters.